The molecule has 0 bridgehead atoms. The third-order valence-electron chi connectivity index (χ3n) is 2.97. The van der Waals surface area contributed by atoms with Gasteiger partial charge in [-0.3, -0.25) is 4.90 Å². The lowest BCUT2D eigenvalue weighted by molar-refractivity contribution is -0.131. The van der Waals surface area contributed by atoms with Crippen molar-refractivity contribution < 1.29 is 9.90 Å². The minimum Gasteiger partial charge on any atom is -0.478 e. The average Bonchev–Trinajstić information content (AvgIpc) is 2.38. The normalized spacial score (nSPS) is 12.5. The number of benzene rings is 1. The Morgan fingerprint density at radius 2 is 2.11 bits per heavy atom. The summed E-state index contributed by atoms with van der Waals surface area (Å²) in [5.41, 5.74) is 2.00. The van der Waals surface area contributed by atoms with Crippen LogP contribution >= 0.6 is 0 Å². The molecule has 0 aromatic heterocycles. The van der Waals surface area contributed by atoms with Crippen molar-refractivity contribution in [3.05, 3.63) is 41.5 Å². The van der Waals surface area contributed by atoms with Crippen molar-refractivity contribution >= 4 is 12.0 Å². The molecule has 0 spiro atoms. The van der Waals surface area contributed by atoms with Crippen LogP contribution in [0.3, 0.4) is 0 Å². The third kappa shape index (κ3) is 5.36. The molecule has 1 aromatic rings. The van der Waals surface area contributed by atoms with Gasteiger partial charge in [-0.15, -0.1) is 0 Å². The Morgan fingerprint density at radius 1 is 1.47 bits per heavy atom. The molecule has 0 amide bonds. The van der Waals surface area contributed by atoms with Gasteiger partial charge < -0.3 is 5.11 Å². The topological polar surface area (TPSA) is 64.3 Å². The van der Waals surface area contributed by atoms with E-state index in [4.69, 9.17) is 10.4 Å². The molecule has 1 N–H and O–H groups in total. The highest BCUT2D eigenvalue weighted by Gasteiger charge is 2.08. The number of hydrogen-bond donors (Lipinski definition) is 1. The van der Waals surface area contributed by atoms with E-state index >= 15 is 0 Å². The number of aliphatic carboxylic acids is 1. The summed E-state index contributed by atoms with van der Waals surface area (Å²) in [7, 11) is 1.99. The molecule has 0 saturated carbocycles. The van der Waals surface area contributed by atoms with Gasteiger partial charge in [-0.2, -0.15) is 5.26 Å². The fourth-order valence-electron chi connectivity index (χ4n) is 1.63. The molecule has 0 aliphatic heterocycles. The number of hydrogen-bond acceptors (Lipinski definition) is 3. The summed E-state index contributed by atoms with van der Waals surface area (Å²) in [6, 6.07) is 10.1. The zero-order chi connectivity index (χ0) is 14.3. The van der Waals surface area contributed by atoms with Crippen molar-refractivity contribution in [1.29, 1.82) is 5.26 Å². The molecule has 4 nitrogen and oxygen atoms in total. The second-order valence-corrected chi connectivity index (χ2v) is 4.54. The number of carboxylic acids is 1. The van der Waals surface area contributed by atoms with Crippen molar-refractivity contribution in [2.45, 2.75) is 25.9 Å². The van der Waals surface area contributed by atoms with Gasteiger partial charge in [0.15, 0.2) is 0 Å². The van der Waals surface area contributed by atoms with E-state index in [0.29, 0.717) is 6.42 Å². The Labute approximate surface area is 113 Å². The van der Waals surface area contributed by atoms with Crippen LogP contribution in [0.15, 0.2) is 30.3 Å². The maximum atomic E-state index is 10.4. The van der Waals surface area contributed by atoms with Crippen LogP contribution in [0.4, 0.5) is 0 Å². The molecule has 0 aliphatic carbocycles. The van der Waals surface area contributed by atoms with Crippen molar-refractivity contribution in [1.82, 2.24) is 4.90 Å². The molecule has 100 valence electrons. The van der Waals surface area contributed by atoms with Gasteiger partial charge in [-0.25, -0.2) is 4.79 Å². The van der Waals surface area contributed by atoms with Gasteiger partial charge in [0.2, 0.25) is 0 Å². The monoisotopic (exact) mass is 258 g/mol. The molecular weight excluding hydrogens is 240 g/mol. The van der Waals surface area contributed by atoms with Crippen LogP contribution in [0.5, 0.6) is 0 Å². The fourth-order valence-corrected chi connectivity index (χ4v) is 1.63. The molecule has 1 aromatic carbocycles. The summed E-state index contributed by atoms with van der Waals surface area (Å²) >= 11 is 0. The second kappa shape index (κ2) is 7.34. The van der Waals surface area contributed by atoms with Crippen LogP contribution in [0, 0.1) is 11.3 Å². The fraction of sp³-hybridized carbons (Fsp3) is 0.333. The van der Waals surface area contributed by atoms with Crippen molar-refractivity contribution in [3.8, 4) is 6.07 Å². The van der Waals surface area contributed by atoms with Crippen LogP contribution in [0.2, 0.25) is 0 Å². The number of rotatable bonds is 6. The summed E-state index contributed by atoms with van der Waals surface area (Å²) in [6.07, 6.45) is 3.19. The van der Waals surface area contributed by atoms with E-state index in [1.165, 1.54) is 0 Å². The predicted molar refractivity (Wildman–Crippen MR) is 74.3 cm³/mol. The van der Waals surface area contributed by atoms with Crippen molar-refractivity contribution in [2.24, 2.45) is 0 Å². The Bertz CT molecular complexity index is 486. The van der Waals surface area contributed by atoms with Crippen molar-refractivity contribution in [2.75, 3.05) is 7.05 Å². The SMILES string of the molecule is CC(CC#N)N(C)Cc1ccc(C=CC(=O)O)cc1. The number of nitrogens with zero attached hydrogens (tertiary/aromatic N) is 2. The van der Waals surface area contributed by atoms with E-state index in [1.54, 1.807) is 6.08 Å². The van der Waals surface area contributed by atoms with E-state index in [9.17, 15) is 4.79 Å². The van der Waals surface area contributed by atoms with E-state index in [0.717, 1.165) is 23.7 Å². The molecule has 0 saturated heterocycles. The first-order valence-electron chi connectivity index (χ1n) is 6.10. The van der Waals surface area contributed by atoms with Gasteiger partial charge in [-0.1, -0.05) is 24.3 Å². The summed E-state index contributed by atoms with van der Waals surface area (Å²) in [5, 5.41) is 17.2. The first-order valence-corrected chi connectivity index (χ1v) is 6.10. The van der Waals surface area contributed by atoms with Crippen LogP contribution in [-0.4, -0.2) is 29.1 Å². The van der Waals surface area contributed by atoms with Crippen LogP contribution < -0.4 is 0 Å². The minimum absolute atomic E-state index is 0.219. The van der Waals surface area contributed by atoms with Gasteiger partial charge in [-0.05, 0) is 31.2 Å². The lowest BCUT2D eigenvalue weighted by atomic mass is 10.1. The van der Waals surface area contributed by atoms with Gasteiger partial charge in [0.05, 0.1) is 12.5 Å². The van der Waals surface area contributed by atoms with Crippen molar-refractivity contribution in [3.63, 3.8) is 0 Å². The van der Waals surface area contributed by atoms with Gasteiger partial charge >= 0.3 is 5.97 Å². The van der Waals surface area contributed by atoms with E-state index in [-0.39, 0.29) is 6.04 Å². The first-order chi connectivity index (χ1) is 9.02. The zero-order valence-electron chi connectivity index (χ0n) is 11.2. The molecule has 0 heterocycles. The highest BCUT2D eigenvalue weighted by Crippen LogP contribution is 2.10. The molecule has 1 atom stereocenters. The standard InChI is InChI=1S/C15H18N2O2/c1-12(9-10-16)17(2)11-14-5-3-13(4-6-14)7-8-15(18)19/h3-8,12H,9,11H2,1-2H3,(H,18,19). The molecule has 1 rings (SSSR count). The summed E-state index contributed by atoms with van der Waals surface area (Å²) in [5.74, 6) is -0.950. The summed E-state index contributed by atoms with van der Waals surface area (Å²) < 4.78 is 0. The Kier molecular flexibility index (Phi) is 5.77. The smallest absolute Gasteiger partial charge is 0.328 e. The highest BCUT2D eigenvalue weighted by atomic mass is 16.4. The number of nitriles is 1. The quantitative estimate of drug-likeness (QED) is 0.796. The molecule has 0 radical (unpaired) electrons. The molecule has 0 aliphatic rings. The zero-order valence-corrected chi connectivity index (χ0v) is 11.2. The summed E-state index contributed by atoms with van der Waals surface area (Å²) in [4.78, 5) is 12.5. The lowest BCUT2D eigenvalue weighted by Gasteiger charge is -2.22. The van der Waals surface area contributed by atoms with Crippen LogP contribution in [0.1, 0.15) is 24.5 Å². The van der Waals surface area contributed by atoms with E-state index in [1.807, 2.05) is 38.2 Å². The largest absolute Gasteiger partial charge is 0.478 e. The molecule has 4 heteroatoms. The number of carbonyl (C=O) groups is 1. The second-order valence-electron chi connectivity index (χ2n) is 4.54. The van der Waals surface area contributed by atoms with Crippen LogP contribution in [0.25, 0.3) is 6.08 Å². The Hall–Kier alpha value is -2.12. The molecule has 0 fully saturated rings. The predicted octanol–water partition coefficient (Wildman–Crippen LogP) is 2.52. The Morgan fingerprint density at radius 3 is 2.63 bits per heavy atom. The third-order valence-corrected chi connectivity index (χ3v) is 2.97. The average molecular weight is 258 g/mol. The van der Waals surface area contributed by atoms with Gasteiger partial charge in [0.1, 0.15) is 0 Å². The number of carboxylic acid groups (broad SMARTS) is 1. The van der Waals surface area contributed by atoms with E-state index < -0.39 is 5.97 Å². The van der Waals surface area contributed by atoms with Gasteiger partial charge in [0.25, 0.3) is 0 Å². The Balaban J connectivity index is 2.62. The lowest BCUT2D eigenvalue weighted by Crippen LogP contribution is -2.28. The molecular formula is C15H18N2O2. The first kappa shape index (κ1) is 14.9. The maximum Gasteiger partial charge on any atom is 0.328 e. The van der Waals surface area contributed by atoms with Gasteiger partial charge in [0, 0.05) is 18.7 Å². The highest BCUT2D eigenvalue weighted by molar-refractivity contribution is 5.85. The maximum absolute atomic E-state index is 10.4. The molecule has 19 heavy (non-hydrogen) atoms. The van der Waals surface area contributed by atoms with E-state index in [2.05, 4.69) is 11.0 Å². The minimum atomic E-state index is -0.950. The molecule has 1 unspecified atom stereocenters. The van der Waals surface area contributed by atoms with Crippen LogP contribution in [-0.2, 0) is 11.3 Å². The summed E-state index contributed by atoms with van der Waals surface area (Å²) in [6.45, 7) is 2.79.